The van der Waals surface area contributed by atoms with Gasteiger partial charge in [0.2, 0.25) is 11.8 Å². The lowest BCUT2D eigenvalue weighted by Crippen LogP contribution is -2.18. The molecule has 1 atom stereocenters. The summed E-state index contributed by atoms with van der Waals surface area (Å²) < 4.78 is 48.1. The van der Waals surface area contributed by atoms with Crippen LogP contribution in [-0.2, 0) is 20.7 Å². The zero-order chi connectivity index (χ0) is 11.4. The minimum atomic E-state index is -4.97. The first-order valence-electron chi connectivity index (χ1n) is 3.24. The second kappa shape index (κ2) is 5.05. The molecule has 1 saturated heterocycles. The smallest absolute Gasteiger partial charge is 0.299 e. The molecule has 1 fully saturated rings. The van der Waals surface area contributed by atoms with E-state index in [1.54, 1.807) is 0 Å². The summed E-state index contributed by atoms with van der Waals surface area (Å²) in [6.45, 7) is 0. The largest absolute Gasteiger partial charge is 0.496 e. The fourth-order valence-corrected chi connectivity index (χ4v) is 0.508. The van der Waals surface area contributed by atoms with Crippen LogP contribution in [-0.4, -0.2) is 26.1 Å². The molecule has 0 spiro atoms. The molecule has 1 unspecified atom stereocenters. The van der Waals surface area contributed by atoms with Crippen molar-refractivity contribution in [2.75, 3.05) is 0 Å². The third-order valence-corrected chi connectivity index (χ3v) is 1.45. The lowest BCUT2D eigenvalue weighted by Gasteiger charge is -1.94. The van der Waals surface area contributed by atoms with Crippen molar-refractivity contribution in [3.8, 4) is 0 Å². The number of rotatable bonds is 0. The van der Waals surface area contributed by atoms with Crippen LogP contribution in [0.3, 0.4) is 0 Å². The quantitative estimate of drug-likeness (QED) is 0.461. The molecule has 5 nitrogen and oxygen atoms in total. The first-order chi connectivity index (χ1) is 6.23. The summed E-state index contributed by atoms with van der Waals surface area (Å²) >= 11 is -3.68. The monoisotopic (exact) mass is 233 g/mol. The Morgan fingerprint density at radius 2 is 1.50 bits per heavy atom. The number of hydrogen-bond acceptors (Lipinski definition) is 3. The van der Waals surface area contributed by atoms with Crippen molar-refractivity contribution in [3.63, 3.8) is 0 Å². The highest BCUT2D eigenvalue weighted by atomic mass is 32.2. The molecule has 1 aliphatic rings. The molecule has 0 aromatic rings. The minimum Gasteiger partial charge on any atom is -0.299 e. The summed E-state index contributed by atoms with van der Waals surface area (Å²) in [7, 11) is 0. The van der Waals surface area contributed by atoms with Crippen molar-refractivity contribution in [2.45, 2.75) is 18.3 Å². The SMILES string of the molecule is O=C1CCC(=O)N1.O=S(O)C(F)(F)F. The molecule has 0 aromatic carbocycles. The summed E-state index contributed by atoms with van der Waals surface area (Å²) in [6.07, 6.45) is 0.748. The van der Waals surface area contributed by atoms with E-state index in [-0.39, 0.29) is 11.8 Å². The molecule has 1 aliphatic heterocycles. The first-order valence-corrected chi connectivity index (χ1v) is 4.34. The summed E-state index contributed by atoms with van der Waals surface area (Å²) in [4.78, 5) is 20.2. The molecule has 2 N–H and O–H groups in total. The maximum Gasteiger partial charge on any atom is 0.496 e. The lowest BCUT2D eigenvalue weighted by atomic mass is 10.4. The van der Waals surface area contributed by atoms with Crippen LogP contribution in [0.15, 0.2) is 0 Å². The Bertz CT molecular complexity index is 250. The van der Waals surface area contributed by atoms with Crippen molar-refractivity contribution in [1.29, 1.82) is 0 Å². The van der Waals surface area contributed by atoms with Gasteiger partial charge in [-0.05, 0) is 0 Å². The summed E-state index contributed by atoms with van der Waals surface area (Å²) in [6, 6.07) is 0. The number of carbonyl (C=O) groups is 2. The van der Waals surface area contributed by atoms with Gasteiger partial charge in [-0.2, -0.15) is 13.2 Å². The first kappa shape index (κ1) is 13.0. The van der Waals surface area contributed by atoms with Crippen LogP contribution in [0.5, 0.6) is 0 Å². The molecule has 0 bridgehead atoms. The van der Waals surface area contributed by atoms with Crippen LogP contribution in [0.25, 0.3) is 0 Å². The molecule has 1 heterocycles. The Kier molecular flexibility index (Phi) is 4.71. The van der Waals surface area contributed by atoms with Gasteiger partial charge in [0.15, 0.2) is 0 Å². The zero-order valence-corrected chi connectivity index (χ0v) is 7.44. The molecule has 9 heteroatoms. The van der Waals surface area contributed by atoms with Gasteiger partial charge < -0.3 is 0 Å². The Hall–Kier alpha value is -0.960. The van der Waals surface area contributed by atoms with Crippen molar-refractivity contribution in [2.24, 2.45) is 0 Å². The summed E-state index contributed by atoms with van der Waals surface area (Å²) in [5.74, 6) is -0.296. The Balaban J connectivity index is 0.000000241. The minimum absolute atomic E-state index is 0.148. The van der Waals surface area contributed by atoms with Gasteiger partial charge in [-0.25, -0.2) is 4.21 Å². The van der Waals surface area contributed by atoms with E-state index in [1.165, 1.54) is 0 Å². The van der Waals surface area contributed by atoms with Crippen molar-refractivity contribution in [3.05, 3.63) is 0 Å². The van der Waals surface area contributed by atoms with Crippen LogP contribution in [0.4, 0.5) is 13.2 Å². The predicted molar refractivity (Wildman–Crippen MR) is 39.2 cm³/mol. The van der Waals surface area contributed by atoms with Gasteiger partial charge in [0.05, 0.1) is 0 Å². The predicted octanol–water partition coefficient (Wildman–Crippen LogP) is 0.151. The lowest BCUT2D eigenvalue weighted by molar-refractivity contribution is -0.124. The van der Waals surface area contributed by atoms with Gasteiger partial charge in [0, 0.05) is 12.8 Å². The maximum atomic E-state index is 10.6. The molecule has 2 amide bonds. The Labute approximate surface area is 78.9 Å². The van der Waals surface area contributed by atoms with E-state index in [9.17, 15) is 22.8 Å². The number of amides is 2. The molecule has 0 aromatic heterocycles. The summed E-state index contributed by atoms with van der Waals surface area (Å²) in [5, 5.41) is 2.14. The molecular formula is C5H6F3NO4S. The van der Waals surface area contributed by atoms with Crippen molar-refractivity contribution >= 4 is 22.9 Å². The maximum absolute atomic E-state index is 10.6. The second-order valence-electron chi connectivity index (χ2n) is 2.17. The second-order valence-corrected chi connectivity index (χ2v) is 3.13. The third-order valence-electron chi connectivity index (χ3n) is 1.06. The molecule has 82 valence electrons. The van der Waals surface area contributed by atoms with Gasteiger partial charge >= 0.3 is 5.51 Å². The van der Waals surface area contributed by atoms with Crippen LogP contribution in [0.1, 0.15) is 12.8 Å². The van der Waals surface area contributed by atoms with Gasteiger partial charge in [-0.15, -0.1) is 0 Å². The standard InChI is InChI=1S/C4H5NO2.CHF3O2S/c6-3-1-2-4(7)5-3;2-1(3,4)7(5)6/h1-2H2,(H,5,6,7);(H,5,6). The highest BCUT2D eigenvalue weighted by Gasteiger charge is 2.35. The van der Waals surface area contributed by atoms with E-state index in [2.05, 4.69) is 5.32 Å². The zero-order valence-electron chi connectivity index (χ0n) is 6.63. The highest BCUT2D eigenvalue weighted by molar-refractivity contribution is 7.80. The molecule has 14 heavy (non-hydrogen) atoms. The van der Waals surface area contributed by atoms with Crippen molar-refractivity contribution < 1.29 is 31.5 Å². The van der Waals surface area contributed by atoms with Crippen LogP contribution in [0, 0.1) is 0 Å². The summed E-state index contributed by atoms with van der Waals surface area (Å²) in [5.41, 5.74) is -4.97. The molecule has 0 radical (unpaired) electrons. The number of hydrogen-bond donors (Lipinski definition) is 2. The van der Waals surface area contributed by atoms with Gasteiger partial charge in [-0.3, -0.25) is 19.5 Å². The Morgan fingerprint density at radius 1 is 1.21 bits per heavy atom. The normalized spacial score (nSPS) is 18.3. The van der Waals surface area contributed by atoms with Gasteiger partial charge in [-0.1, -0.05) is 0 Å². The van der Waals surface area contributed by atoms with Crippen LogP contribution >= 0.6 is 0 Å². The average molecular weight is 233 g/mol. The van der Waals surface area contributed by atoms with Crippen LogP contribution < -0.4 is 5.32 Å². The number of carbonyl (C=O) groups excluding carboxylic acids is 2. The van der Waals surface area contributed by atoms with E-state index in [1.807, 2.05) is 0 Å². The molecule has 0 aliphatic carbocycles. The van der Waals surface area contributed by atoms with E-state index in [0.717, 1.165) is 0 Å². The fourth-order valence-electron chi connectivity index (χ4n) is 0.508. The fraction of sp³-hybridized carbons (Fsp3) is 0.600. The molecular weight excluding hydrogens is 227 g/mol. The topological polar surface area (TPSA) is 83.5 Å². The van der Waals surface area contributed by atoms with Crippen LogP contribution in [0.2, 0.25) is 0 Å². The number of nitrogens with one attached hydrogen (secondary N) is 1. The van der Waals surface area contributed by atoms with E-state index < -0.39 is 16.6 Å². The van der Waals surface area contributed by atoms with E-state index in [0.29, 0.717) is 12.8 Å². The Morgan fingerprint density at radius 3 is 1.57 bits per heavy atom. The highest BCUT2D eigenvalue weighted by Crippen LogP contribution is 2.16. The molecule has 0 saturated carbocycles. The number of imide groups is 1. The van der Waals surface area contributed by atoms with Crippen molar-refractivity contribution in [1.82, 2.24) is 5.32 Å². The third kappa shape index (κ3) is 5.65. The van der Waals surface area contributed by atoms with Gasteiger partial charge in [0.1, 0.15) is 0 Å². The molecule has 1 rings (SSSR count). The van der Waals surface area contributed by atoms with E-state index in [4.69, 9.17) is 8.76 Å². The average Bonchev–Trinajstić information content (AvgIpc) is 2.33. The number of alkyl halides is 3. The number of halogens is 3. The van der Waals surface area contributed by atoms with E-state index >= 15 is 0 Å². The van der Waals surface area contributed by atoms with Gasteiger partial charge in [0.25, 0.3) is 11.1 Å².